The third-order valence-electron chi connectivity index (χ3n) is 4.95. The molecule has 2 aromatic rings. The first-order valence-corrected chi connectivity index (χ1v) is 9.25. The zero-order valence-corrected chi connectivity index (χ0v) is 15.1. The van der Waals surface area contributed by atoms with Gasteiger partial charge in [0.15, 0.2) is 17.2 Å². The minimum Gasteiger partial charge on any atom is -0.485 e. The lowest BCUT2D eigenvalue weighted by Gasteiger charge is -2.25. The van der Waals surface area contributed by atoms with Crippen LogP contribution in [0.2, 0.25) is 0 Å². The molecule has 1 aliphatic heterocycles. The highest BCUT2D eigenvalue weighted by atomic mass is 19.4. The first-order valence-electron chi connectivity index (χ1n) is 9.25. The van der Waals surface area contributed by atoms with Crippen molar-refractivity contribution < 1.29 is 27.4 Å². The summed E-state index contributed by atoms with van der Waals surface area (Å²) in [6.07, 6.45) is -2.72. The topological polar surface area (TPSA) is 65.4 Å². The van der Waals surface area contributed by atoms with Crippen molar-refractivity contribution >= 4 is 5.91 Å². The van der Waals surface area contributed by atoms with E-state index >= 15 is 0 Å². The summed E-state index contributed by atoms with van der Waals surface area (Å²) in [4.78, 5) is 12.3. The van der Waals surface area contributed by atoms with Gasteiger partial charge in [0.25, 0.3) is 5.91 Å². The number of carbonyl (C=O) groups excluding carboxylic acids is 1. The van der Waals surface area contributed by atoms with Gasteiger partial charge in [0.1, 0.15) is 6.61 Å². The van der Waals surface area contributed by atoms with Crippen LogP contribution >= 0.6 is 0 Å². The van der Waals surface area contributed by atoms with Gasteiger partial charge in [-0.05, 0) is 37.8 Å². The minimum absolute atomic E-state index is 0.0816. The number of nitrogens with zero attached hydrogens (tertiary/aromatic N) is 2. The number of rotatable bonds is 4. The highest BCUT2D eigenvalue weighted by Gasteiger charge is 2.39. The zero-order valence-electron chi connectivity index (χ0n) is 15.1. The monoisotopic (exact) mass is 395 g/mol. The van der Waals surface area contributed by atoms with E-state index in [1.54, 1.807) is 18.2 Å². The van der Waals surface area contributed by atoms with Gasteiger partial charge in [0.2, 0.25) is 6.10 Å². The lowest BCUT2D eigenvalue weighted by atomic mass is 9.95. The summed E-state index contributed by atoms with van der Waals surface area (Å²) in [5.41, 5.74) is 0.124. The first-order chi connectivity index (χ1) is 13.4. The molecule has 9 heteroatoms. The van der Waals surface area contributed by atoms with Crippen molar-refractivity contribution in [2.75, 3.05) is 13.2 Å². The third-order valence-corrected chi connectivity index (χ3v) is 4.95. The number of alkyl halides is 3. The Balaban J connectivity index is 1.38. The molecule has 150 valence electrons. The summed E-state index contributed by atoms with van der Waals surface area (Å²) in [7, 11) is 0. The van der Waals surface area contributed by atoms with Gasteiger partial charge in [0.05, 0.1) is 6.54 Å². The predicted octanol–water partition coefficient (Wildman–Crippen LogP) is 2.74. The molecule has 1 amide bonds. The van der Waals surface area contributed by atoms with Crippen molar-refractivity contribution in [2.45, 2.75) is 44.5 Å². The Bertz CT molecular complexity index is 879. The lowest BCUT2D eigenvalue weighted by molar-refractivity contribution is -0.142. The Morgan fingerprint density at radius 1 is 1.21 bits per heavy atom. The van der Waals surface area contributed by atoms with Crippen molar-refractivity contribution in [1.29, 1.82) is 0 Å². The molecule has 1 aromatic heterocycles. The molecule has 0 bridgehead atoms. The van der Waals surface area contributed by atoms with E-state index in [-0.39, 0.29) is 25.6 Å². The Labute approximate surface area is 159 Å². The summed E-state index contributed by atoms with van der Waals surface area (Å²) in [5, 5.41) is 6.49. The molecule has 2 heterocycles. The molecule has 6 nitrogen and oxygen atoms in total. The van der Waals surface area contributed by atoms with E-state index in [9.17, 15) is 18.0 Å². The number of amides is 1. The number of ether oxygens (including phenoxy) is 2. The van der Waals surface area contributed by atoms with Crippen LogP contribution in [0.25, 0.3) is 0 Å². The first kappa shape index (κ1) is 18.6. The molecule has 1 aliphatic carbocycles. The van der Waals surface area contributed by atoms with Gasteiger partial charge in [-0.2, -0.15) is 18.3 Å². The van der Waals surface area contributed by atoms with E-state index in [0.717, 1.165) is 12.8 Å². The van der Waals surface area contributed by atoms with Gasteiger partial charge in [-0.15, -0.1) is 0 Å². The van der Waals surface area contributed by atoms with Crippen molar-refractivity contribution in [2.24, 2.45) is 0 Å². The third kappa shape index (κ3) is 3.65. The standard InChI is InChI=1S/C19H20F3N3O3/c20-19(21,22)17-12-5-1-2-6-13(12)25(24-17)10-9-23-18(26)16-11-27-14-7-3-4-8-15(14)28-16/h3-4,7-8,16H,1-2,5-6,9-11H2,(H,23,26). The second-order valence-electron chi connectivity index (χ2n) is 6.86. The van der Waals surface area contributed by atoms with Crippen LogP contribution in [-0.4, -0.2) is 34.9 Å². The molecule has 0 saturated heterocycles. The number of carbonyl (C=O) groups is 1. The van der Waals surface area contributed by atoms with E-state index < -0.39 is 18.0 Å². The van der Waals surface area contributed by atoms with Crippen molar-refractivity contribution in [3.8, 4) is 11.5 Å². The van der Waals surface area contributed by atoms with Crippen LogP contribution < -0.4 is 14.8 Å². The molecule has 0 radical (unpaired) electrons. The van der Waals surface area contributed by atoms with Gasteiger partial charge >= 0.3 is 6.18 Å². The van der Waals surface area contributed by atoms with Crippen LogP contribution in [0, 0.1) is 0 Å². The average Bonchev–Trinajstić information content (AvgIpc) is 3.07. The Morgan fingerprint density at radius 3 is 2.75 bits per heavy atom. The highest BCUT2D eigenvalue weighted by Crippen LogP contribution is 2.35. The van der Waals surface area contributed by atoms with Crippen molar-refractivity contribution in [3.63, 3.8) is 0 Å². The Hall–Kier alpha value is -2.71. The largest absolute Gasteiger partial charge is 0.485 e. The number of benzene rings is 1. The van der Waals surface area contributed by atoms with Crippen LogP contribution in [0.5, 0.6) is 11.5 Å². The SMILES string of the molecule is O=C(NCCn1nc(C(F)(F)F)c2c1CCCC2)C1COc2ccccc2O1. The lowest BCUT2D eigenvalue weighted by Crippen LogP contribution is -2.44. The van der Waals surface area contributed by atoms with Crippen LogP contribution in [-0.2, 0) is 30.4 Å². The van der Waals surface area contributed by atoms with E-state index in [1.807, 2.05) is 6.07 Å². The molecule has 1 aromatic carbocycles. The highest BCUT2D eigenvalue weighted by molar-refractivity contribution is 5.81. The summed E-state index contributed by atoms with van der Waals surface area (Å²) < 4.78 is 52.2. The van der Waals surface area contributed by atoms with E-state index in [0.29, 0.717) is 35.6 Å². The molecule has 1 N–H and O–H groups in total. The number of fused-ring (bicyclic) bond motifs is 2. The van der Waals surface area contributed by atoms with Crippen LogP contribution in [0.3, 0.4) is 0 Å². The Kier molecular flexibility index (Phi) is 4.91. The number of hydrogen-bond donors (Lipinski definition) is 1. The summed E-state index contributed by atoms with van der Waals surface area (Å²) in [5.74, 6) is 0.700. The molecule has 0 fully saturated rings. The number of nitrogens with one attached hydrogen (secondary N) is 1. The maximum absolute atomic E-state index is 13.2. The zero-order chi connectivity index (χ0) is 19.7. The van der Waals surface area contributed by atoms with Gasteiger partial charge in [-0.25, -0.2) is 0 Å². The summed E-state index contributed by atoms with van der Waals surface area (Å²) in [6.45, 7) is 0.415. The molecule has 0 spiro atoms. The normalized spacial score (nSPS) is 18.5. The van der Waals surface area contributed by atoms with Crippen LogP contribution in [0.15, 0.2) is 24.3 Å². The average molecular weight is 395 g/mol. The fourth-order valence-corrected chi connectivity index (χ4v) is 3.63. The van der Waals surface area contributed by atoms with Gasteiger partial charge < -0.3 is 14.8 Å². The smallest absolute Gasteiger partial charge is 0.435 e. The molecule has 1 atom stereocenters. The number of hydrogen-bond acceptors (Lipinski definition) is 4. The maximum Gasteiger partial charge on any atom is 0.435 e. The number of halogens is 3. The van der Waals surface area contributed by atoms with Gasteiger partial charge in [0, 0.05) is 17.8 Å². The summed E-state index contributed by atoms with van der Waals surface area (Å²) in [6, 6.07) is 7.05. The van der Waals surface area contributed by atoms with E-state index in [2.05, 4.69) is 10.4 Å². The molecule has 4 rings (SSSR count). The second-order valence-corrected chi connectivity index (χ2v) is 6.86. The molecular formula is C19H20F3N3O3. The predicted molar refractivity (Wildman–Crippen MR) is 93.2 cm³/mol. The summed E-state index contributed by atoms with van der Waals surface area (Å²) >= 11 is 0. The van der Waals surface area contributed by atoms with Gasteiger partial charge in [-0.1, -0.05) is 12.1 Å². The van der Waals surface area contributed by atoms with E-state index in [4.69, 9.17) is 9.47 Å². The molecule has 2 aliphatic rings. The molecule has 0 saturated carbocycles. The minimum atomic E-state index is -4.46. The van der Waals surface area contributed by atoms with Crippen molar-refractivity contribution in [1.82, 2.24) is 15.1 Å². The second kappa shape index (κ2) is 7.37. The van der Waals surface area contributed by atoms with Crippen molar-refractivity contribution in [3.05, 3.63) is 41.2 Å². The van der Waals surface area contributed by atoms with E-state index in [1.165, 1.54) is 4.68 Å². The molecular weight excluding hydrogens is 375 g/mol. The number of para-hydroxylation sites is 2. The quantitative estimate of drug-likeness (QED) is 0.865. The van der Waals surface area contributed by atoms with Gasteiger partial charge in [-0.3, -0.25) is 9.48 Å². The number of aromatic nitrogens is 2. The fraction of sp³-hybridized carbons (Fsp3) is 0.474. The van der Waals surface area contributed by atoms with Crippen LogP contribution in [0.1, 0.15) is 29.8 Å². The Morgan fingerprint density at radius 2 is 1.96 bits per heavy atom. The fourth-order valence-electron chi connectivity index (χ4n) is 3.63. The molecule has 1 unspecified atom stereocenters. The van der Waals surface area contributed by atoms with Crippen LogP contribution in [0.4, 0.5) is 13.2 Å². The molecule has 28 heavy (non-hydrogen) atoms. The maximum atomic E-state index is 13.2.